The maximum atomic E-state index is 12.5. The first kappa shape index (κ1) is 13.9. The maximum Gasteiger partial charge on any atom is 0.291 e. The highest BCUT2D eigenvalue weighted by Crippen LogP contribution is 2.28. The highest BCUT2D eigenvalue weighted by atomic mass is 35.5. The third-order valence-corrected chi connectivity index (χ3v) is 4.12. The van der Waals surface area contributed by atoms with Gasteiger partial charge in [-0.25, -0.2) is 4.68 Å². The Kier molecular flexibility index (Phi) is 3.84. The molecule has 0 bridgehead atoms. The number of nitrogens with two attached hydrogens (primary N) is 1. The van der Waals surface area contributed by atoms with Crippen molar-refractivity contribution in [3.05, 3.63) is 45.8 Å². The van der Waals surface area contributed by atoms with Crippen molar-refractivity contribution in [2.45, 2.75) is 25.8 Å². The minimum absolute atomic E-state index is 0.189. The molecule has 110 valence electrons. The van der Waals surface area contributed by atoms with Crippen LogP contribution in [0.1, 0.15) is 19.3 Å². The molecule has 1 aliphatic carbocycles. The molecule has 0 aliphatic heterocycles. The van der Waals surface area contributed by atoms with Gasteiger partial charge in [-0.2, -0.15) is 5.10 Å². The molecule has 3 N–H and O–H groups in total. The lowest BCUT2D eigenvalue weighted by Gasteiger charge is -2.25. The quantitative estimate of drug-likeness (QED) is 0.852. The van der Waals surface area contributed by atoms with Gasteiger partial charge in [0.15, 0.2) is 0 Å². The summed E-state index contributed by atoms with van der Waals surface area (Å²) in [5.74, 6) is 0.556. The Morgan fingerprint density at radius 1 is 1.33 bits per heavy atom. The average molecular weight is 305 g/mol. The van der Waals surface area contributed by atoms with E-state index in [0.717, 1.165) is 18.5 Å². The molecular formula is C15H17ClN4O. The van der Waals surface area contributed by atoms with Gasteiger partial charge >= 0.3 is 0 Å². The minimum atomic E-state index is -0.189. The summed E-state index contributed by atoms with van der Waals surface area (Å²) >= 11 is 6.10. The largest absolute Gasteiger partial charge is 0.399 e. The average Bonchev–Trinajstić information content (AvgIpc) is 2.43. The molecule has 1 fully saturated rings. The number of hydrogen-bond acceptors (Lipinski definition) is 4. The van der Waals surface area contributed by atoms with Crippen molar-refractivity contribution < 1.29 is 0 Å². The van der Waals surface area contributed by atoms with E-state index in [9.17, 15) is 4.79 Å². The molecule has 1 aromatic heterocycles. The first-order chi connectivity index (χ1) is 10.1. The van der Waals surface area contributed by atoms with Crippen LogP contribution in [-0.2, 0) is 6.54 Å². The van der Waals surface area contributed by atoms with E-state index < -0.39 is 0 Å². The zero-order valence-corrected chi connectivity index (χ0v) is 12.3. The Morgan fingerprint density at radius 2 is 2.05 bits per heavy atom. The fourth-order valence-corrected chi connectivity index (χ4v) is 2.51. The molecule has 1 saturated carbocycles. The highest BCUT2D eigenvalue weighted by Gasteiger charge is 2.20. The van der Waals surface area contributed by atoms with Crippen LogP contribution in [0.25, 0.3) is 0 Å². The summed E-state index contributed by atoms with van der Waals surface area (Å²) in [5, 5.41) is 7.51. The first-order valence-electron chi connectivity index (χ1n) is 7.01. The summed E-state index contributed by atoms with van der Waals surface area (Å²) in [6, 6.07) is 7.15. The van der Waals surface area contributed by atoms with Crippen molar-refractivity contribution in [2.24, 2.45) is 5.92 Å². The zero-order valence-electron chi connectivity index (χ0n) is 11.6. The summed E-state index contributed by atoms with van der Waals surface area (Å²) < 4.78 is 1.50. The second-order valence-electron chi connectivity index (χ2n) is 5.40. The van der Waals surface area contributed by atoms with E-state index >= 15 is 0 Å². The van der Waals surface area contributed by atoms with Gasteiger partial charge in [0.1, 0.15) is 5.69 Å². The fraction of sp³-hybridized carbons (Fsp3) is 0.333. The lowest BCUT2D eigenvalue weighted by atomic mass is 9.85. The molecule has 0 spiro atoms. The van der Waals surface area contributed by atoms with Gasteiger partial charge in [0.05, 0.1) is 11.2 Å². The topological polar surface area (TPSA) is 72.9 Å². The normalized spacial score (nSPS) is 14.7. The number of halogens is 1. The lowest BCUT2D eigenvalue weighted by Crippen LogP contribution is -2.30. The summed E-state index contributed by atoms with van der Waals surface area (Å²) in [4.78, 5) is 12.5. The second kappa shape index (κ2) is 5.77. The van der Waals surface area contributed by atoms with Gasteiger partial charge in [-0.15, -0.1) is 0 Å². The van der Waals surface area contributed by atoms with E-state index in [1.807, 2.05) is 12.1 Å². The Bertz CT molecular complexity index is 692. The van der Waals surface area contributed by atoms with Crippen LogP contribution in [0.3, 0.4) is 0 Å². The first-order valence-corrected chi connectivity index (χ1v) is 7.39. The number of nitrogen functional groups attached to an aromatic ring is 1. The summed E-state index contributed by atoms with van der Waals surface area (Å²) in [6.45, 7) is 0.659. The maximum absolute atomic E-state index is 12.5. The molecular weight excluding hydrogens is 288 g/mol. The monoisotopic (exact) mass is 304 g/mol. The van der Waals surface area contributed by atoms with E-state index in [-0.39, 0.29) is 5.56 Å². The molecule has 0 amide bonds. The molecule has 5 nitrogen and oxygen atoms in total. The third kappa shape index (κ3) is 3.03. The number of hydrogen-bond donors (Lipinski definition) is 2. The van der Waals surface area contributed by atoms with Gasteiger partial charge < -0.3 is 11.1 Å². The molecule has 0 saturated heterocycles. The number of nitrogens with zero attached hydrogens (tertiary/aromatic N) is 2. The highest BCUT2D eigenvalue weighted by molar-refractivity contribution is 6.33. The molecule has 3 rings (SSSR count). The molecule has 0 unspecified atom stereocenters. The number of rotatable bonds is 4. The predicted molar refractivity (Wildman–Crippen MR) is 85.0 cm³/mol. The summed E-state index contributed by atoms with van der Waals surface area (Å²) in [7, 11) is 0. The Balaban J connectivity index is 1.87. The van der Waals surface area contributed by atoms with Gasteiger partial charge in [-0.05, 0) is 43.0 Å². The number of anilines is 3. The van der Waals surface area contributed by atoms with Gasteiger partial charge in [-0.3, -0.25) is 4.79 Å². The van der Waals surface area contributed by atoms with Crippen LogP contribution in [0, 0.1) is 5.92 Å². The van der Waals surface area contributed by atoms with Crippen LogP contribution < -0.4 is 16.6 Å². The third-order valence-electron chi connectivity index (χ3n) is 3.83. The summed E-state index contributed by atoms with van der Waals surface area (Å²) in [5.41, 5.74) is 7.26. The van der Waals surface area contributed by atoms with E-state index in [1.165, 1.54) is 17.3 Å². The molecule has 1 aromatic carbocycles. The van der Waals surface area contributed by atoms with Crippen molar-refractivity contribution in [3.8, 4) is 0 Å². The molecule has 1 aliphatic rings. The predicted octanol–water partition coefficient (Wildman–Crippen LogP) is 3.02. The van der Waals surface area contributed by atoms with Gasteiger partial charge in [0, 0.05) is 17.9 Å². The van der Waals surface area contributed by atoms with E-state index in [4.69, 9.17) is 17.3 Å². The molecule has 2 aromatic rings. The second-order valence-corrected chi connectivity index (χ2v) is 5.81. The number of aromatic nitrogens is 2. The fourth-order valence-electron chi connectivity index (χ4n) is 2.34. The molecule has 21 heavy (non-hydrogen) atoms. The van der Waals surface area contributed by atoms with Gasteiger partial charge in [0.25, 0.3) is 5.56 Å². The zero-order chi connectivity index (χ0) is 14.8. The summed E-state index contributed by atoms with van der Waals surface area (Å²) in [6.07, 6.45) is 5.08. The standard InChI is InChI=1S/C15H17ClN4O/c16-13-8-18-20(9-10-2-1-3-10)15(21)14(13)19-12-6-4-11(17)5-7-12/h4-8,10,19H,1-3,9,17H2. The van der Waals surface area contributed by atoms with Gasteiger partial charge in [0.2, 0.25) is 0 Å². The van der Waals surface area contributed by atoms with Crippen molar-refractivity contribution in [1.29, 1.82) is 0 Å². The molecule has 6 heteroatoms. The Hall–Kier alpha value is -2.01. The van der Waals surface area contributed by atoms with Crippen LogP contribution in [0.5, 0.6) is 0 Å². The lowest BCUT2D eigenvalue weighted by molar-refractivity contribution is 0.262. The van der Waals surface area contributed by atoms with Crippen molar-refractivity contribution in [2.75, 3.05) is 11.1 Å². The van der Waals surface area contributed by atoms with E-state index in [0.29, 0.717) is 28.9 Å². The number of nitrogens with one attached hydrogen (secondary N) is 1. The SMILES string of the molecule is Nc1ccc(Nc2c(Cl)cnn(CC3CCC3)c2=O)cc1. The van der Waals surface area contributed by atoms with Crippen LogP contribution in [0.4, 0.5) is 17.1 Å². The Labute approximate surface area is 127 Å². The Morgan fingerprint density at radius 3 is 2.67 bits per heavy atom. The van der Waals surface area contributed by atoms with Crippen LogP contribution in [0.2, 0.25) is 5.02 Å². The van der Waals surface area contributed by atoms with Crippen molar-refractivity contribution in [3.63, 3.8) is 0 Å². The van der Waals surface area contributed by atoms with E-state index in [1.54, 1.807) is 12.1 Å². The van der Waals surface area contributed by atoms with Crippen molar-refractivity contribution >= 4 is 28.7 Å². The molecule has 1 heterocycles. The van der Waals surface area contributed by atoms with Crippen molar-refractivity contribution in [1.82, 2.24) is 9.78 Å². The van der Waals surface area contributed by atoms with Crippen LogP contribution in [0.15, 0.2) is 35.3 Å². The van der Waals surface area contributed by atoms with Gasteiger partial charge in [-0.1, -0.05) is 18.0 Å². The van der Waals surface area contributed by atoms with Crippen LogP contribution in [-0.4, -0.2) is 9.78 Å². The smallest absolute Gasteiger partial charge is 0.291 e. The van der Waals surface area contributed by atoms with E-state index in [2.05, 4.69) is 10.4 Å². The molecule has 0 radical (unpaired) electrons. The molecule has 0 atom stereocenters. The minimum Gasteiger partial charge on any atom is -0.399 e. The number of benzene rings is 1. The van der Waals surface area contributed by atoms with Crippen LogP contribution >= 0.6 is 11.6 Å².